The van der Waals surface area contributed by atoms with Gasteiger partial charge in [0.05, 0.1) is 10.5 Å². The number of hydrogen-bond donors (Lipinski definition) is 1. The summed E-state index contributed by atoms with van der Waals surface area (Å²) in [6.07, 6.45) is 1.31. The van der Waals surface area contributed by atoms with Crippen LogP contribution in [-0.4, -0.2) is 4.92 Å². The van der Waals surface area contributed by atoms with Crippen molar-refractivity contribution in [3.8, 4) is 17.2 Å². The third kappa shape index (κ3) is 2.70. The molecule has 0 fully saturated rings. The minimum atomic E-state index is -0.504. The molecule has 0 amide bonds. The Kier molecular flexibility index (Phi) is 4.19. The number of nitro benzene ring substituents is 1. The maximum atomic E-state index is 11.2. The number of nitriles is 1. The lowest BCUT2D eigenvalue weighted by Crippen LogP contribution is -2.05. The Morgan fingerprint density at radius 2 is 2.00 bits per heavy atom. The predicted octanol–water partition coefficient (Wildman–Crippen LogP) is 3.67. The summed E-state index contributed by atoms with van der Waals surface area (Å²) in [5.41, 5.74) is 7.90. The molecule has 0 aliphatic carbocycles. The summed E-state index contributed by atoms with van der Waals surface area (Å²) in [5, 5.41) is 20.6. The van der Waals surface area contributed by atoms with Gasteiger partial charge in [0, 0.05) is 11.1 Å². The van der Waals surface area contributed by atoms with Crippen LogP contribution in [0.15, 0.2) is 36.4 Å². The van der Waals surface area contributed by atoms with E-state index in [1.54, 1.807) is 6.07 Å². The van der Waals surface area contributed by atoms with Crippen LogP contribution < -0.4 is 5.73 Å². The van der Waals surface area contributed by atoms with Crippen LogP contribution in [0.3, 0.4) is 0 Å². The molecule has 2 N–H and O–H groups in total. The second kappa shape index (κ2) is 6.06. The molecule has 21 heavy (non-hydrogen) atoms. The van der Waals surface area contributed by atoms with Crippen LogP contribution in [0.2, 0.25) is 0 Å². The lowest BCUT2D eigenvalue weighted by atomic mass is 9.93. The fraction of sp³-hybridized carbons (Fsp3) is 0.188. The van der Waals surface area contributed by atoms with Crippen LogP contribution in [-0.2, 0) is 6.42 Å². The molecule has 0 heterocycles. The van der Waals surface area contributed by atoms with Crippen LogP contribution in [0.25, 0.3) is 11.1 Å². The van der Waals surface area contributed by atoms with Crippen molar-refractivity contribution in [1.29, 1.82) is 5.26 Å². The number of benzene rings is 2. The Hall–Kier alpha value is -2.87. The molecule has 0 saturated carbocycles. The van der Waals surface area contributed by atoms with Crippen molar-refractivity contribution in [2.75, 3.05) is 5.73 Å². The van der Waals surface area contributed by atoms with Crippen molar-refractivity contribution in [3.05, 3.63) is 57.6 Å². The predicted molar refractivity (Wildman–Crippen MR) is 81.7 cm³/mol. The molecular formula is C16H15N3O2. The first-order valence-electron chi connectivity index (χ1n) is 6.65. The Labute approximate surface area is 122 Å². The summed E-state index contributed by atoms with van der Waals surface area (Å²) in [6.45, 7) is 1.94. The second-order valence-electron chi connectivity index (χ2n) is 4.71. The van der Waals surface area contributed by atoms with Gasteiger partial charge >= 0.3 is 0 Å². The number of nitrogen functional groups attached to an aromatic ring is 1. The van der Waals surface area contributed by atoms with Gasteiger partial charge in [0.1, 0.15) is 11.8 Å². The molecule has 2 aromatic rings. The van der Waals surface area contributed by atoms with Gasteiger partial charge < -0.3 is 5.73 Å². The molecule has 0 aromatic heterocycles. The normalized spacial score (nSPS) is 10.1. The standard InChI is InChI=1S/C16H15N3O2/c1-2-6-12-9-13(11-7-4-3-5-8-11)14(10-17)15(18)16(12)19(20)21/h3-5,7-9H,2,6,18H2,1H3. The highest BCUT2D eigenvalue weighted by atomic mass is 16.6. The van der Waals surface area contributed by atoms with E-state index in [1.165, 1.54) is 0 Å². The Bertz CT molecular complexity index is 719. The smallest absolute Gasteiger partial charge is 0.296 e. The lowest BCUT2D eigenvalue weighted by molar-refractivity contribution is -0.384. The van der Waals surface area contributed by atoms with Gasteiger partial charge in [-0.1, -0.05) is 43.7 Å². The highest BCUT2D eigenvalue weighted by Crippen LogP contribution is 2.37. The van der Waals surface area contributed by atoms with Crippen molar-refractivity contribution < 1.29 is 4.92 Å². The van der Waals surface area contributed by atoms with Crippen molar-refractivity contribution >= 4 is 11.4 Å². The molecule has 0 bridgehead atoms. The molecular weight excluding hydrogens is 266 g/mol. The monoisotopic (exact) mass is 281 g/mol. The van der Waals surface area contributed by atoms with E-state index < -0.39 is 4.92 Å². The van der Waals surface area contributed by atoms with Gasteiger partial charge in [-0.3, -0.25) is 10.1 Å². The molecule has 5 heteroatoms. The molecule has 0 unspecified atom stereocenters. The Morgan fingerprint density at radius 1 is 1.33 bits per heavy atom. The minimum Gasteiger partial charge on any atom is -0.392 e. The van der Waals surface area contributed by atoms with Gasteiger partial charge in [0.2, 0.25) is 0 Å². The van der Waals surface area contributed by atoms with E-state index in [4.69, 9.17) is 5.73 Å². The summed E-state index contributed by atoms with van der Waals surface area (Å²) < 4.78 is 0. The van der Waals surface area contributed by atoms with Gasteiger partial charge in [-0.25, -0.2) is 0 Å². The summed E-state index contributed by atoms with van der Waals surface area (Å²) >= 11 is 0. The Morgan fingerprint density at radius 3 is 2.52 bits per heavy atom. The second-order valence-corrected chi connectivity index (χ2v) is 4.71. The van der Waals surface area contributed by atoms with Gasteiger partial charge in [0.15, 0.2) is 0 Å². The first-order chi connectivity index (χ1) is 10.1. The fourth-order valence-corrected chi connectivity index (χ4v) is 2.39. The largest absolute Gasteiger partial charge is 0.392 e. The van der Waals surface area contributed by atoms with E-state index in [9.17, 15) is 15.4 Å². The number of nitrogens with two attached hydrogens (primary N) is 1. The zero-order valence-corrected chi connectivity index (χ0v) is 11.7. The molecule has 2 aromatic carbocycles. The molecule has 2 rings (SSSR count). The van der Waals surface area contributed by atoms with Crippen molar-refractivity contribution in [3.63, 3.8) is 0 Å². The molecule has 0 saturated heterocycles. The van der Waals surface area contributed by atoms with Gasteiger partial charge in [-0.15, -0.1) is 0 Å². The zero-order valence-electron chi connectivity index (χ0n) is 11.7. The molecule has 0 radical (unpaired) electrons. The van der Waals surface area contributed by atoms with Crippen LogP contribution in [0.4, 0.5) is 11.4 Å². The number of rotatable bonds is 4. The number of hydrogen-bond acceptors (Lipinski definition) is 4. The molecule has 0 atom stereocenters. The van der Waals surface area contributed by atoms with Gasteiger partial charge in [0.25, 0.3) is 5.69 Å². The topological polar surface area (TPSA) is 93.0 Å². The summed E-state index contributed by atoms with van der Waals surface area (Å²) in [5.74, 6) is 0. The number of aryl methyl sites for hydroxylation is 1. The SMILES string of the molecule is CCCc1cc(-c2ccccc2)c(C#N)c(N)c1[N+](=O)[O-]. The van der Waals surface area contributed by atoms with E-state index in [-0.39, 0.29) is 16.9 Å². The zero-order chi connectivity index (χ0) is 15.4. The molecule has 106 valence electrons. The van der Waals surface area contributed by atoms with Gasteiger partial charge in [-0.2, -0.15) is 5.26 Å². The molecule has 0 aliphatic rings. The van der Waals surface area contributed by atoms with Crippen molar-refractivity contribution in [2.24, 2.45) is 0 Å². The first-order valence-corrected chi connectivity index (χ1v) is 6.65. The third-order valence-corrected chi connectivity index (χ3v) is 3.32. The molecule has 5 nitrogen and oxygen atoms in total. The molecule has 0 aliphatic heterocycles. The van der Waals surface area contributed by atoms with Gasteiger partial charge in [-0.05, 0) is 18.1 Å². The third-order valence-electron chi connectivity index (χ3n) is 3.32. The van der Waals surface area contributed by atoms with Crippen molar-refractivity contribution in [2.45, 2.75) is 19.8 Å². The maximum absolute atomic E-state index is 11.2. The number of nitro groups is 1. The van der Waals surface area contributed by atoms with E-state index in [0.717, 1.165) is 12.0 Å². The summed E-state index contributed by atoms with van der Waals surface area (Å²) in [7, 11) is 0. The quantitative estimate of drug-likeness (QED) is 0.525. The maximum Gasteiger partial charge on any atom is 0.296 e. The number of nitrogens with zero attached hydrogens (tertiary/aromatic N) is 2. The highest BCUT2D eigenvalue weighted by molar-refractivity contribution is 5.83. The van der Waals surface area contributed by atoms with Crippen LogP contribution in [0.1, 0.15) is 24.5 Å². The van der Waals surface area contributed by atoms with Crippen LogP contribution >= 0.6 is 0 Å². The average molecular weight is 281 g/mol. The molecule has 0 spiro atoms. The minimum absolute atomic E-state index is 0.0488. The fourth-order valence-electron chi connectivity index (χ4n) is 2.39. The van der Waals surface area contributed by atoms with E-state index in [0.29, 0.717) is 17.5 Å². The average Bonchev–Trinajstić information content (AvgIpc) is 2.47. The van der Waals surface area contributed by atoms with E-state index in [1.807, 2.05) is 43.3 Å². The van der Waals surface area contributed by atoms with Crippen LogP contribution in [0.5, 0.6) is 0 Å². The summed E-state index contributed by atoms with van der Waals surface area (Å²) in [6, 6.07) is 13.0. The first kappa shape index (κ1) is 14.5. The van der Waals surface area contributed by atoms with E-state index in [2.05, 4.69) is 0 Å². The van der Waals surface area contributed by atoms with Crippen molar-refractivity contribution in [1.82, 2.24) is 0 Å². The van der Waals surface area contributed by atoms with E-state index >= 15 is 0 Å². The Balaban J connectivity index is 2.78. The number of anilines is 1. The summed E-state index contributed by atoms with van der Waals surface area (Å²) in [4.78, 5) is 10.7. The highest BCUT2D eigenvalue weighted by Gasteiger charge is 2.24. The van der Waals surface area contributed by atoms with Crippen LogP contribution in [0, 0.1) is 21.4 Å². The lowest BCUT2D eigenvalue weighted by Gasteiger charge is -2.11.